The highest BCUT2D eigenvalue weighted by molar-refractivity contribution is 5.82. The molecule has 13 heteroatoms. The second-order valence-electron chi connectivity index (χ2n) is 10.2. The zero-order valence-electron chi connectivity index (χ0n) is 22.2. The summed E-state index contributed by atoms with van der Waals surface area (Å²) in [5.74, 6) is -0.0905. The van der Waals surface area contributed by atoms with Crippen molar-refractivity contribution in [3.05, 3.63) is 82.3 Å². The van der Waals surface area contributed by atoms with Crippen molar-refractivity contribution in [3.63, 3.8) is 0 Å². The molecule has 0 spiro atoms. The van der Waals surface area contributed by atoms with Crippen LogP contribution in [0.2, 0.25) is 0 Å². The second kappa shape index (κ2) is 9.93. The summed E-state index contributed by atoms with van der Waals surface area (Å²) < 4.78 is 24.3. The molecule has 0 fully saturated rings. The number of ether oxygens (including phenoxy) is 1. The van der Waals surface area contributed by atoms with Crippen LogP contribution in [0.3, 0.4) is 0 Å². The highest BCUT2D eigenvalue weighted by Gasteiger charge is 2.22. The first-order valence-electron chi connectivity index (χ1n) is 12.3. The van der Waals surface area contributed by atoms with Gasteiger partial charge in [0.05, 0.1) is 35.8 Å². The average molecular weight is 547 g/mol. The number of carbonyl (C=O) groups excluding carboxylic acids is 1. The number of amides is 1. The molecule has 5 rings (SSSR count). The number of primary amides is 1. The van der Waals surface area contributed by atoms with Gasteiger partial charge in [-0.3, -0.25) is 9.48 Å². The molecule has 206 valence electrons. The van der Waals surface area contributed by atoms with Gasteiger partial charge in [-0.25, -0.2) is 13.9 Å². The van der Waals surface area contributed by atoms with Gasteiger partial charge in [0.1, 0.15) is 5.82 Å². The number of aliphatic hydroxyl groups excluding tert-OH is 1. The van der Waals surface area contributed by atoms with E-state index in [1.807, 2.05) is 20.8 Å². The van der Waals surface area contributed by atoms with Gasteiger partial charge in [0.2, 0.25) is 0 Å². The Hall–Kier alpha value is -5.04. The molecule has 1 amide bonds. The zero-order chi connectivity index (χ0) is 28.8. The summed E-state index contributed by atoms with van der Waals surface area (Å²) in [6.07, 6.45) is 3.47. The van der Waals surface area contributed by atoms with Gasteiger partial charge >= 0.3 is 6.09 Å². The number of fused-ring (bicyclic) bond motifs is 1. The predicted molar refractivity (Wildman–Crippen MR) is 146 cm³/mol. The molecule has 0 aliphatic heterocycles. The molecule has 0 aliphatic carbocycles. The van der Waals surface area contributed by atoms with E-state index in [9.17, 15) is 14.7 Å². The van der Waals surface area contributed by atoms with Gasteiger partial charge in [-0.05, 0) is 35.2 Å². The second-order valence-corrected chi connectivity index (χ2v) is 10.2. The number of aromatic nitrogens is 6. The molecule has 0 bridgehead atoms. The summed E-state index contributed by atoms with van der Waals surface area (Å²) in [5, 5.41) is 26.5. The summed E-state index contributed by atoms with van der Waals surface area (Å²) in [6, 6.07) is 9.65. The van der Waals surface area contributed by atoms with E-state index in [-0.39, 0.29) is 33.6 Å². The van der Waals surface area contributed by atoms with Crippen LogP contribution in [-0.2, 0) is 19.1 Å². The van der Waals surface area contributed by atoms with Gasteiger partial charge in [-0.2, -0.15) is 14.9 Å². The molecule has 12 nitrogen and oxygen atoms in total. The number of carbonyl (C=O) groups is 1. The van der Waals surface area contributed by atoms with Crippen molar-refractivity contribution in [3.8, 4) is 17.1 Å². The molecule has 40 heavy (non-hydrogen) atoms. The van der Waals surface area contributed by atoms with Crippen molar-refractivity contribution in [2.24, 2.45) is 12.8 Å². The summed E-state index contributed by atoms with van der Waals surface area (Å²) in [5.41, 5.74) is 5.80. The first-order chi connectivity index (χ1) is 19.0. The van der Waals surface area contributed by atoms with Crippen LogP contribution in [0.25, 0.3) is 22.1 Å². The minimum atomic E-state index is -1.05. The summed E-state index contributed by atoms with van der Waals surface area (Å²) in [7, 11) is 1.74. The van der Waals surface area contributed by atoms with Gasteiger partial charge < -0.3 is 20.9 Å². The maximum atomic E-state index is 15.2. The van der Waals surface area contributed by atoms with Crippen LogP contribution in [0.5, 0.6) is 5.75 Å². The highest BCUT2D eigenvalue weighted by Crippen LogP contribution is 2.31. The molecular formula is C27H27FN8O4. The Morgan fingerprint density at radius 2 is 1.93 bits per heavy atom. The van der Waals surface area contributed by atoms with E-state index in [0.29, 0.717) is 16.9 Å². The minimum Gasteiger partial charge on any atom is -0.405 e. The fourth-order valence-electron chi connectivity index (χ4n) is 4.33. The van der Waals surface area contributed by atoms with Crippen molar-refractivity contribution >= 4 is 28.5 Å². The van der Waals surface area contributed by atoms with Crippen LogP contribution in [0.4, 0.5) is 20.8 Å². The van der Waals surface area contributed by atoms with E-state index < -0.39 is 24.1 Å². The zero-order valence-corrected chi connectivity index (χ0v) is 22.2. The molecule has 2 aromatic carbocycles. The molecule has 4 N–H and O–H groups in total. The van der Waals surface area contributed by atoms with Gasteiger partial charge in [0.15, 0.2) is 17.4 Å². The van der Waals surface area contributed by atoms with Crippen LogP contribution < -0.4 is 21.3 Å². The molecule has 0 saturated carbocycles. The molecule has 0 radical (unpaired) electrons. The van der Waals surface area contributed by atoms with Gasteiger partial charge in [-0.15, -0.1) is 5.10 Å². The smallest absolute Gasteiger partial charge is 0.405 e. The number of rotatable bonds is 6. The van der Waals surface area contributed by atoms with Crippen LogP contribution in [-0.4, -0.2) is 40.5 Å². The van der Waals surface area contributed by atoms with Crippen LogP contribution >= 0.6 is 0 Å². The van der Waals surface area contributed by atoms with E-state index in [1.165, 1.54) is 23.1 Å². The number of nitrogens with two attached hydrogens (primary N) is 1. The third-order valence-corrected chi connectivity index (χ3v) is 6.32. The van der Waals surface area contributed by atoms with Gasteiger partial charge in [0.25, 0.3) is 5.56 Å². The Morgan fingerprint density at radius 3 is 2.58 bits per heavy atom. The fraction of sp³-hybridized carbons (Fsp3) is 0.222. The van der Waals surface area contributed by atoms with Crippen molar-refractivity contribution < 1.29 is 19.0 Å². The van der Waals surface area contributed by atoms with Crippen molar-refractivity contribution in [2.45, 2.75) is 32.8 Å². The van der Waals surface area contributed by atoms with Crippen LogP contribution in [0.15, 0.2) is 59.8 Å². The number of aryl methyl sites for hydroxylation is 1. The third-order valence-electron chi connectivity index (χ3n) is 6.32. The van der Waals surface area contributed by atoms with Gasteiger partial charge in [-0.1, -0.05) is 26.8 Å². The SMILES string of the molecule is Cn1ccc(Nc2nn(-c3cccc(-n4ncc5cc(C(C)(C)C)cc(F)c5c4=O)c3CO)cc2OC(N)=O)n1. The molecule has 3 aromatic heterocycles. The first-order valence-corrected chi connectivity index (χ1v) is 12.3. The normalized spacial score (nSPS) is 11.7. The molecule has 5 aromatic rings. The fourth-order valence-corrected chi connectivity index (χ4v) is 4.33. The summed E-state index contributed by atoms with van der Waals surface area (Å²) in [6.45, 7) is 5.34. The molecule has 0 aliphatic rings. The number of aliphatic hydroxyl groups is 1. The lowest BCUT2D eigenvalue weighted by atomic mass is 9.86. The molecular weight excluding hydrogens is 519 g/mol. The minimum absolute atomic E-state index is 0.00478. The predicted octanol–water partition coefficient (Wildman–Crippen LogP) is 3.43. The monoisotopic (exact) mass is 546 g/mol. The number of hydrogen-bond acceptors (Lipinski definition) is 8. The summed E-state index contributed by atoms with van der Waals surface area (Å²) >= 11 is 0. The van der Waals surface area contributed by atoms with E-state index in [4.69, 9.17) is 10.5 Å². The largest absolute Gasteiger partial charge is 0.410 e. The lowest BCUT2D eigenvalue weighted by molar-refractivity contribution is 0.211. The number of anilines is 2. The number of benzene rings is 2. The Kier molecular flexibility index (Phi) is 6.59. The lowest BCUT2D eigenvalue weighted by Crippen LogP contribution is -2.24. The maximum absolute atomic E-state index is 15.2. The van der Waals surface area contributed by atoms with Crippen molar-refractivity contribution in [2.75, 3.05) is 5.32 Å². The first kappa shape index (κ1) is 26.6. The van der Waals surface area contributed by atoms with E-state index >= 15 is 4.39 Å². The van der Waals surface area contributed by atoms with E-state index in [2.05, 4.69) is 20.6 Å². The standard InChI is InChI=1S/C27H27FN8O4/c1-27(2,3)16-10-15-12-30-36(25(38)23(15)18(28)11-16)20-7-5-6-19(17(20)14-37)35-13-21(40-26(29)39)24(33-35)31-22-8-9-34(4)32-22/h5-13,37H,14H2,1-4H3,(H2,29,39)(H,31,32,33). The average Bonchev–Trinajstić information content (AvgIpc) is 3.48. The number of nitrogens with one attached hydrogen (secondary N) is 1. The van der Waals surface area contributed by atoms with Crippen molar-refractivity contribution in [1.29, 1.82) is 0 Å². The number of halogens is 1. The Morgan fingerprint density at radius 1 is 1.18 bits per heavy atom. The highest BCUT2D eigenvalue weighted by atomic mass is 19.1. The van der Waals surface area contributed by atoms with Crippen molar-refractivity contribution in [1.82, 2.24) is 29.3 Å². The maximum Gasteiger partial charge on any atom is 0.410 e. The number of nitrogens with zero attached hydrogens (tertiary/aromatic N) is 6. The lowest BCUT2D eigenvalue weighted by Gasteiger charge is -2.20. The molecule has 3 heterocycles. The molecule has 0 atom stereocenters. The van der Waals surface area contributed by atoms with Gasteiger partial charge in [0, 0.05) is 30.3 Å². The molecule has 0 unspecified atom stereocenters. The Bertz CT molecular complexity index is 1820. The quantitative estimate of drug-likeness (QED) is 0.293. The third kappa shape index (κ3) is 4.89. The summed E-state index contributed by atoms with van der Waals surface area (Å²) in [4.78, 5) is 25.0. The van der Waals surface area contributed by atoms with Crippen LogP contribution in [0.1, 0.15) is 31.9 Å². The molecule has 0 saturated heterocycles. The number of hydrogen-bond donors (Lipinski definition) is 3. The topological polar surface area (TPSA) is 155 Å². The Labute approximate surface area is 227 Å². The van der Waals surface area contributed by atoms with Crippen LogP contribution in [0, 0.1) is 5.82 Å². The Balaban J connectivity index is 1.64. The van der Waals surface area contributed by atoms with E-state index in [0.717, 1.165) is 10.2 Å². The van der Waals surface area contributed by atoms with E-state index in [1.54, 1.807) is 48.3 Å².